The third kappa shape index (κ3) is 2.84. The van der Waals surface area contributed by atoms with Crippen LogP contribution in [0.15, 0.2) is 30.6 Å². The molecule has 0 aromatic carbocycles. The number of anilines is 3. The number of nitrogens with zero attached hydrogens (tertiary/aromatic N) is 7. The largest absolute Gasteiger partial charge is 0.382 e. The summed E-state index contributed by atoms with van der Waals surface area (Å²) in [5, 5.41) is 16.7. The fourth-order valence-corrected chi connectivity index (χ4v) is 3.12. The summed E-state index contributed by atoms with van der Waals surface area (Å²) >= 11 is 0. The van der Waals surface area contributed by atoms with E-state index in [0.717, 1.165) is 28.0 Å². The first-order valence-corrected chi connectivity index (χ1v) is 8.48. The first-order chi connectivity index (χ1) is 13.5. The molecule has 4 rings (SSSR count). The van der Waals surface area contributed by atoms with Crippen LogP contribution in [0.25, 0.3) is 22.3 Å². The van der Waals surface area contributed by atoms with Crippen LogP contribution in [-0.4, -0.2) is 29.3 Å². The molecule has 0 fully saturated rings. The first-order valence-electron chi connectivity index (χ1n) is 8.48. The van der Waals surface area contributed by atoms with Crippen LogP contribution in [0.2, 0.25) is 0 Å². The van der Waals surface area contributed by atoms with Crippen molar-refractivity contribution in [2.75, 3.05) is 16.8 Å². The van der Waals surface area contributed by atoms with Gasteiger partial charge in [0.2, 0.25) is 5.95 Å². The Morgan fingerprint density at radius 3 is 2.71 bits per heavy atom. The van der Waals surface area contributed by atoms with Crippen molar-refractivity contribution in [2.45, 2.75) is 6.54 Å². The van der Waals surface area contributed by atoms with Crippen molar-refractivity contribution < 1.29 is 0 Å². The predicted molar refractivity (Wildman–Crippen MR) is 106 cm³/mol. The van der Waals surface area contributed by atoms with Crippen molar-refractivity contribution in [3.8, 4) is 17.3 Å². The summed E-state index contributed by atoms with van der Waals surface area (Å²) in [5.41, 5.74) is 16.1. The van der Waals surface area contributed by atoms with Crippen molar-refractivity contribution in [3.63, 3.8) is 0 Å². The molecular weight excluding hydrogens is 356 g/mol. The van der Waals surface area contributed by atoms with Crippen LogP contribution in [0.5, 0.6) is 0 Å². The Kier molecular flexibility index (Phi) is 4.04. The summed E-state index contributed by atoms with van der Waals surface area (Å²) < 4.78 is 3.80. The third-order valence-electron chi connectivity index (χ3n) is 4.53. The SMILES string of the molecule is Cn1nccc1-c1cc2c(ccn2C)nc1CNc1nc(N)nc(N)c1C#N. The standard InChI is InChI=1S/C18H18N10/c1-27-6-4-12-15(27)7-10(14-3-5-23-28(14)2)13(24-12)9-22-17-11(8-19)16(20)25-18(21)26-17/h3-7H,9H2,1-2H3,(H5,20,21,22,25,26). The molecule has 0 aliphatic heterocycles. The molecule has 0 radical (unpaired) electrons. The predicted octanol–water partition coefficient (Wildman–Crippen LogP) is 1.41. The van der Waals surface area contributed by atoms with Crippen LogP contribution in [0.1, 0.15) is 11.3 Å². The number of pyridine rings is 1. The summed E-state index contributed by atoms with van der Waals surface area (Å²) in [6, 6.07) is 7.96. The van der Waals surface area contributed by atoms with E-state index in [0.29, 0.717) is 6.54 Å². The average molecular weight is 374 g/mol. The minimum absolute atomic E-state index is 0.00247. The van der Waals surface area contributed by atoms with E-state index in [1.54, 1.807) is 10.9 Å². The lowest BCUT2D eigenvalue weighted by atomic mass is 10.1. The van der Waals surface area contributed by atoms with Gasteiger partial charge in [0.05, 0.1) is 29.0 Å². The lowest BCUT2D eigenvalue weighted by Crippen LogP contribution is -2.11. The van der Waals surface area contributed by atoms with E-state index in [-0.39, 0.29) is 23.1 Å². The molecule has 140 valence electrons. The lowest BCUT2D eigenvalue weighted by Gasteiger charge is -2.13. The van der Waals surface area contributed by atoms with Gasteiger partial charge in [-0.3, -0.25) is 4.68 Å². The Morgan fingerprint density at radius 2 is 2.00 bits per heavy atom. The maximum absolute atomic E-state index is 9.35. The molecule has 4 heterocycles. The van der Waals surface area contributed by atoms with E-state index >= 15 is 0 Å². The molecular formula is C18H18N10. The van der Waals surface area contributed by atoms with Gasteiger partial charge in [-0.15, -0.1) is 0 Å². The summed E-state index contributed by atoms with van der Waals surface area (Å²) in [5.74, 6) is 0.312. The fourth-order valence-electron chi connectivity index (χ4n) is 3.12. The lowest BCUT2D eigenvalue weighted by molar-refractivity contribution is 0.774. The van der Waals surface area contributed by atoms with Crippen LogP contribution in [-0.2, 0) is 20.6 Å². The van der Waals surface area contributed by atoms with Gasteiger partial charge >= 0.3 is 0 Å². The number of hydrogen-bond acceptors (Lipinski definition) is 8. The zero-order valence-corrected chi connectivity index (χ0v) is 15.4. The van der Waals surface area contributed by atoms with Gasteiger partial charge in [0.15, 0.2) is 5.82 Å². The fraction of sp³-hybridized carbons (Fsp3) is 0.167. The quantitative estimate of drug-likeness (QED) is 0.485. The normalized spacial score (nSPS) is 10.9. The first kappa shape index (κ1) is 17.3. The zero-order chi connectivity index (χ0) is 19.8. The van der Waals surface area contributed by atoms with E-state index in [9.17, 15) is 5.26 Å². The number of fused-ring (bicyclic) bond motifs is 1. The Labute approximate surface area is 160 Å². The number of aryl methyl sites for hydroxylation is 2. The second kappa shape index (κ2) is 6.55. The molecule has 0 saturated carbocycles. The maximum atomic E-state index is 9.35. The molecule has 4 aromatic rings. The molecule has 0 aliphatic rings. The molecule has 0 bridgehead atoms. The highest BCUT2D eigenvalue weighted by molar-refractivity contribution is 5.82. The van der Waals surface area contributed by atoms with Crippen LogP contribution >= 0.6 is 0 Å². The molecule has 0 amide bonds. The molecule has 0 atom stereocenters. The van der Waals surface area contributed by atoms with E-state index in [1.165, 1.54) is 0 Å². The Bertz CT molecular complexity index is 1230. The minimum atomic E-state index is -0.00247. The summed E-state index contributed by atoms with van der Waals surface area (Å²) in [7, 11) is 3.85. The molecule has 28 heavy (non-hydrogen) atoms. The number of nitriles is 1. The van der Waals surface area contributed by atoms with Crippen molar-refractivity contribution in [1.29, 1.82) is 5.26 Å². The second-order valence-corrected chi connectivity index (χ2v) is 6.31. The molecule has 4 aromatic heterocycles. The Hall–Kier alpha value is -4.13. The van der Waals surface area contributed by atoms with Crippen LogP contribution < -0.4 is 16.8 Å². The molecule has 0 saturated heterocycles. The number of nitrogens with two attached hydrogens (primary N) is 2. The topological polar surface area (TPSA) is 149 Å². The van der Waals surface area contributed by atoms with Crippen molar-refractivity contribution in [2.24, 2.45) is 14.1 Å². The van der Waals surface area contributed by atoms with E-state index in [4.69, 9.17) is 16.5 Å². The number of aromatic nitrogens is 6. The second-order valence-electron chi connectivity index (χ2n) is 6.31. The monoisotopic (exact) mass is 374 g/mol. The summed E-state index contributed by atoms with van der Waals surface area (Å²) in [4.78, 5) is 12.7. The summed E-state index contributed by atoms with van der Waals surface area (Å²) in [6.45, 7) is 0.315. The smallest absolute Gasteiger partial charge is 0.224 e. The number of nitrogens with one attached hydrogen (secondary N) is 1. The highest BCUT2D eigenvalue weighted by atomic mass is 15.3. The van der Waals surface area contributed by atoms with E-state index in [2.05, 4.69) is 26.4 Å². The highest BCUT2D eigenvalue weighted by Crippen LogP contribution is 2.28. The number of nitrogen functional groups attached to an aromatic ring is 2. The van der Waals surface area contributed by atoms with Gasteiger partial charge < -0.3 is 21.4 Å². The van der Waals surface area contributed by atoms with Gasteiger partial charge in [-0.05, 0) is 18.2 Å². The number of hydrogen-bond donors (Lipinski definition) is 3. The van der Waals surface area contributed by atoms with Gasteiger partial charge in [-0.2, -0.15) is 20.3 Å². The van der Waals surface area contributed by atoms with Crippen molar-refractivity contribution >= 4 is 28.6 Å². The third-order valence-corrected chi connectivity index (χ3v) is 4.53. The van der Waals surface area contributed by atoms with Gasteiger partial charge in [0, 0.05) is 32.1 Å². The minimum Gasteiger partial charge on any atom is -0.382 e. The summed E-state index contributed by atoms with van der Waals surface area (Å²) in [6.07, 6.45) is 3.70. The van der Waals surface area contributed by atoms with Gasteiger partial charge in [0.25, 0.3) is 0 Å². The highest BCUT2D eigenvalue weighted by Gasteiger charge is 2.16. The average Bonchev–Trinajstić information content (AvgIpc) is 3.24. The van der Waals surface area contributed by atoms with Gasteiger partial charge in [-0.1, -0.05) is 0 Å². The van der Waals surface area contributed by atoms with E-state index in [1.807, 2.05) is 43.1 Å². The molecule has 10 heteroatoms. The maximum Gasteiger partial charge on any atom is 0.224 e. The zero-order valence-electron chi connectivity index (χ0n) is 15.4. The van der Waals surface area contributed by atoms with E-state index < -0.39 is 0 Å². The Morgan fingerprint density at radius 1 is 1.18 bits per heavy atom. The van der Waals surface area contributed by atoms with Crippen LogP contribution in [0, 0.1) is 11.3 Å². The molecule has 0 aliphatic carbocycles. The van der Waals surface area contributed by atoms with Crippen LogP contribution in [0.3, 0.4) is 0 Å². The molecule has 0 spiro atoms. The van der Waals surface area contributed by atoms with Crippen LogP contribution in [0.4, 0.5) is 17.6 Å². The van der Waals surface area contributed by atoms with Crippen molar-refractivity contribution in [1.82, 2.24) is 29.3 Å². The van der Waals surface area contributed by atoms with Gasteiger partial charge in [-0.25, -0.2) is 4.98 Å². The molecule has 10 nitrogen and oxygen atoms in total. The Balaban J connectivity index is 1.79. The van der Waals surface area contributed by atoms with Crippen molar-refractivity contribution in [3.05, 3.63) is 41.9 Å². The molecule has 0 unspecified atom stereocenters. The van der Waals surface area contributed by atoms with Gasteiger partial charge in [0.1, 0.15) is 17.5 Å². The molecule has 5 N–H and O–H groups in total. The number of rotatable bonds is 4.